The second kappa shape index (κ2) is 13.3. The third-order valence-corrected chi connectivity index (χ3v) is 13.4. The molecule has 298 valence electrons. The molecule has 0 amide bonds. The third-order valence-electron chi connectivity index (χ3n) is 13.4. The van der Waals surface area contributed by atoms with E-state index in [9.17, 15) is 0 Å². The fourth-order valence-electron chi connectivity index (χ4n) is 10.2. The van der Waals surface area contributed by atoms with Crippen LogP contribution >= 0.6 is 0 Å². The third kappa shape index (κ3) is 5.46. The Morgan fingerprint density at radius 2 is 0.968 bits per heavy atom. The maximum absolute atomic E-state index is 6.88. The summed E-state index contributed by atoms with van der Waals surface area (Å²) in [5, 5.41) is 9.68. The first-order valence-electron chi connectivity index (χ1n) is 21.9. The van der Waals surface area contributed by atoms with Crippen molar-refractivity contribution >= 4 is 82.4 Å². The van der Waals surface area contributed by atoms with Gasteiger partial charge in [0.2, 0.25) is 0 Å². The number of nitrogens with zero attached hydrogens (tertiary/aromatic N) is 2. The van der Waals surface area contributed by atoms with Crippen LogP contribution in [0.5, 0.6) is 0 Å². The monoisotopic (exact) mass is 806 g/mol. The molecule has 0 atom stereocenters. The van der Waals surface area contributed by atoms with E-state index < -0.39 is 0 Å². The van der Waals surface area contributed by atoms with E-state index in [0.29, 0.717) is 0 Å². The molecule has 0 N–H and O–H groups in total. The number of furan rings is 1. The number of benzene rings is 10. The number of anilines is 3. The van der Waals surface area contributed by atoms with E-state index in [4.69, 9.17) is 4.42 Å². The van der Waals surface area contributed by atoms with Crippen molar-refractivity contribution < 1.29 is 4.42 Å². The van der Waals surface area contributed by atoms with Crippen LogP contribution < -0.4 is 4.90 Å². The van der Waals surface area contributed by atoms with Crippen LogP contribution in [0, 0.1) is 0 Å². The molecule has 1 aliphatic rings. The van der Waals surface area contributed by atoms with Gasteiger partial charge in [-0.2, -0.15) is 0 Å². The quantitative estimate of drug-likeness (QED) is 0.173. The number of hydrogen-bond acceptors (Lipinski definition) is 2. The van der Waals surface area contributed by atoms with Gasteiger partial charge in [0.25, 0.3) is 0 Å². The molecule has 0 saturated carbocycles. The Labute approximate surface area is 365 Å². The van der Waals surface area contributed by atoms with E-state index >= 15 is 0 Å². The summed E-state index contributed by atoms with van der Waals surface area (Å²) in [5.74, 6) is 0. The van der Waals surface area contributed by atoms with Crippen molar-refractivity contribution in [2.45, 2.75) is 26.2 Å². The van der Waals surface area contributed by atoms with Crippen molar-refractivity contribution in [1.82, 2.24) is 4.57 Å². The summed E-state index contributed by atoms with van der Waals surface area (Å²) in [4.78, 5) is 2.41. The molecule has 2 aromatic heterocycles. The summed E-state index contributed by atoms with van der Waals surface area (Å²) in [6, 6.07) is 73.5. The minimum atomic E-state index is 0.0262. The Kier molecular flexibility index (Phi) is 7.57. The summed E-state index contributed by atoms with van der Waals surface area (Å²) in [7, 11) is 0. The fourth-order valence-corrected chi connectivity index (χ4v) is 10.2. The van der Waals surface area contributed by atoms with E-state index in [0.717, 1.165) is 50.1 Å². The highest BCUT2D eigenvalue weighted by Gasteiger charge is 2.27. The Morgan fingerprint density at radius 3 is 1.63 bits per heavy atom. The molecule has 2 heterocycles. The van der Waals surface area contributed by atoms with Crippen molar-refractivity contribution in [1.29, 1.82) is 0 Å². The van der Waals surface area contributed by atoms with Crippen LogP contribution in [0.25, 0.3) is 104 Å². The van der Waals surface area contributed by atoms with Crippen molar-refractivity contribution in [2.24, 2.45) is 0 Å². The largest absolute Gasteiger partial charge is 0.454 e. The minimum Gasteiger partial charge on any atom is -0.454 e. The summed E-state index contributed by atoms with van der Waals surface area (Å²) in [5.41, 5.74) is 17.4. The first-order valence-corrected chi connectivity index (χ1v) is 21.9. The van der Waals surface area contributed by atoms with E-state index in [1.165, 1.54) is 76.9 Å². The normalized spacial score (nSPS) is 12.4. The first kappa shape index (κ1) is 35.8. The molecule has 12 aromatic rings. The van der Waals surface area contributed by atoms with Gasteiger partial charge in [-0.3, -0.25) is 0 Å². The molecule has 3 nitrogen and oxygen atoms in total. The van der Waals surface area contributed by atoms with Gasteiger partial charge in [-0.1, -0.05) is 136 Å². The van der Waals surface area contributed by atoms with Gasteiger partial charge in [-0.05, 0) is 145 Å². The number of rotatable bonds is 5. The second-order valence-corrected chi connectivity index (χ2v) is 18.2. The van der Waals surface area contributed by atoms with E-state index in [-0.39, 0.29) is 5.41 Å². The summed E-state index contributed by atoms with van der Waals surface area (Å²) in [6.07, 6.45) is 0. The summed E-state index contributed by atoms with van der Waals surface area (Å²) < 4.78 is 9.28. The van der Waals surface area contributed by atoms with Gasteiger partial charge in [-0.25, -0.2) is 0 Å². The zero-order valence-corrected chi connectivity index (χ0v) is 35.4. The van der Waals surface area contributed by atoms with Crippen molar-refractivity contribution in [3.63, 3.8) is 0 Å². The average molecular weight is 807 g/mol. The second-order valence-electron chi connectivity index (χ2n) is 18.2. The Balaban J connectivity index is 0.965. The lowest BCUT2D eigenvalue weighted by molar-refractivity contribution is 0.590. The molecule has 0 radical (unpaired) electrons. The zero-order chi connectivity index (χ0) is 42.0. The maximum atomic E-state index is 6.88. The molecule has 0 saturated heterocycles. The van der Waals surface area contributed by atoms with Gasteiger partial charge in [0.05, 0.1) is 16.7 Å². The highest BCUT2D eigenvalue weighted by atomic mass is 16.3. The molecule has 0 fully saturated rings. The topological polar surface area (TPSA) is 21.3 Å². The predicted octanol–water partition coefficient (Wildman–Crippen LogP) is 17.1. The van der Waals surface area contributed by atoms with Crippen LogP contribution in [0.2, 0.25) is 0 Å². The van der Waals surface area contributed by atoms with E-state index in [2.05, 4.69) is 230 Å². The molecule has 63 heavy (non-hydrogen) atoms. The van der Waals surface area contributed by atoms with Crippen LogP contribution in [0.3, 0.4) is 0 Å². The van der Waals surface area contributed by atoms with Crippen molar-refractivity contribution in [3.8, 4) is 39.1 Å². The first-order chi connectivity index (χ1) is 30.9. The van der Waals surface area contributed by atoms with Crippen LogP contribution in [0.15, 0.2) is 205 Å². The Bertz CT molecular complexity index is 3770. The maximum Gasteiger partial charge on any atom is 0.160 e. The number of fused-ring (bicyclic) bond motifs is 12. The molecular weight excluding hydrogens is 765 g/mol. The van der Waals surface area contributed by atoms with Crippen LogP contribution in [0.4, 0.5) is 17.1 Å². The van der Waals surface area contributed by atoms with Gasteiger partial charge >= 0.3 is 0 Å². The Hall–Kier alpha value is -7.88. The standard InChI is InChI=1S/C60H42N2O/c1-60(2,3)42-23-27-43(28-24-42)61(58-46(37-13-5-4-6-14-37)29-30-50-49-17-9-12-20-57(49)63-59(50)58)44-25-21-38-33-51-53(35-40(38)31-44)52-34-39-22-26-45(32-41(39)36-54(51)52)62-55-18-10-7-15-47(55)48-16-8-11-19-56(48)62/h4-36H,1-3H3. The SMILES string of the molecule is CC(C)(C)c1ccc(N(c2ccc3cc4c(cc3c2)-c2cc3ccc(-n5c6ccccc6c6ccccc65)cc3cc2-4)c2c(-c3ccccc3)ccc3c2oc2ccccc23)cc1. The van der Waals surface area contributed by atoms with E-state index in [1.807, 2.05) is 0 Å². The number of hydrogen-bond donors (Lipinski definition) is 0. The van der Waals surface area contributed by atoms with Crippen molar-refractivity contribution in [2.75, 3.05) is 4.90 Å². The number of para-hydroxylation sites is 3. The van der Waals surface area contributed by atoms with Gasteiger partial charge in [0.15, 0.2) is 5.58 Å². The smallest absolute Gasteiger partial charge is 0.160 e. The molecule has 13 rings (SSSR count). The lowest BCUT2D eigenvalue weighted by Crippen LogP contribution is -2.14. The van der Waals surface area contributed by atoms with Crippen LogP contribution in [-0.4, -0.2) is 4.57 Å². The zero-order valence-electron chi connectivity index (χ0n) is 35.4. The van der Waals surface area contributed by atoms with Gasteiger partial charge in [-0.15, -0.1) is 0 Å². The van der Waals surface area contributed by atoms with Gasteiger partial charge in [0, 0.05) is 44.2 Å². The molecule has 0 unspecified atom stereocenters. The molecule has 10 aromatic carbocycles. The lowest BCUT2D eigenvalue weighted by atomic mass is 9.78. The highest BCUT2D eigenvalue weighted by Crippen LogP contribution is 2.52. The predicted molar refractivity (Wildman–Crippen MR) is 266 cm³/mol. The van der Waals surface area contributed by atoms with Crippen LogP contribution in [-0.2, 0) is 5.41 Å². The lowest BCUT2D eigenvalue weighted by Gasteiger charge is -2.30. The minimum absolute atomic E-state index is 0.0262. The molecule has 3 heteroatoms. The molecule has 0 bridgehead atoms. The molecule has 0 spiro atoms. The average Bonchev–Trinajstić information content (AvgIpc) is 3.87. The van der Waals surface area contributed by atoms with Gasteiger partial charge < -0.3 is 13.9 Å². The molecular formula is C60H42N2O. The molecule has 0 aliphatic heterocycles. The van der Waals surface area contributed by atoms with E-state index in [1.54, 1.807) is 0 Å². The van der Waals surface area contributed by atoms with Gasteiger partial charge in [0.1, 0.15) is 5.58 Å². The molecule has 1 aliphatic carbocycles. The van der Waals surface area contributed by atoms with Crippen LogP contribution in [0.1, 0.15) is 26.3 Å². The van der Waals surface area contributed by atoms with Crippen molar-refractivity contribution in [3.05, 3.63) is 206 Å². The Morgan fingerprint density at radius 1 is 0.413 bits per heavy atom. The number of aromatic nitrogens is 1. The summed E-state index contributed by atoms with van der Waals surface area (Å²) in [6.45, 7) is 6.81. The highest BCUT2D eigenvalue weighted by molar-refractivity contribution is 6.16. The fraction of sp³-hybridized carbons (Fsp3) is 0.0667. The summed E-state index contributed by atoms with van der Waals surface area (Å²) >= 11 is 0.